The number of carbonyl (C=O) groups is 2. The van der Waals surface area contributed by atoms with Crippen molar-refractivity contribution in [3.05, 3.63) is 54.1 Å². The fourth-order valence-corrected chi connectivity index (χ4v) is 2.26. The van der Waals surface area contributed by atoms with Crippen LogP contribution in [0.1, 0.15) is 24.2 Å². The maximum atomic E-state index is 12.2. The zero-order valence-electron chi connectivity index (χ0n) is 14.5. The van der Waals surface area contributed by atoms with Crippen LogP contribution in [0.4, 0.5) is 11.4 Å². The second-order valence-corrected chi connectivity index (χ2v) is 5.27. The van der Waals surface area contributed by atoms with Crippen LogP contribution >= 0.6 is 0 Å². The molecule has 0 aromatic heterocycles. The van der Waals surface area contributed by atoms with Gasteiger partial charge in [-0.1, -0.05) is 18.2 Å². The van der Waals surface area contributed by atoms with E-state index in [0.29, 0.717) is 35.8 Å². The Bertz CT molecular complexity index is 731. The molecule has 2 amide bonds. The standard InChI is InChI=1S/C19H23N3O3/c1-3-20-19(24)14-8-7-9-15(12-14)21-13-18(23)22-16-10-5-6-11-17(16)25-4-2/h5-12,21H,3-4,13H2,1-2H3,(H,20,24)(H,22,23). The lowest BCUT2D eigenvalue weighted by atomic mass is 10.2. The van der Waals surface area contributed by atoms with Gasteiger partial charge in [-0.15, -0.1) is 0 Å². The van der Waals surface area contributed by atoms with Crippen LogP contribution < -0.4 is 20.7 Å². The van der Waals surface area contributed by atoms with E-state index in [0.717, 1.165) is 0 Å². The molecule has 2 aromatic carbocycles. The number of hydrogen-bond donors (Lipinski definition) is 3. The molecule has 3 N–H and O–H groups in total. The minimum Gasteiger partial charge on any atom is -0.492 e. The van der Waals surface area contributed by atoms with E-state index in [1.807, 2.05) is 38.1 Å². The van der Waals surface area contributed by atoms with Gasteiger partial charge in [0, 0.05) is 17.8 Å². The maximum absolute atomic E-state index is 12.2. The maximum Gasteiger partial charge on any atom is 0.251 e. The highest BCUT2D eigenvalue weighted by Crippen LogP contribution is 2.23. The number of para-hydroxylation sites is 2. The summed E-state index contributed by atoms with van der Waals surface area (Å²) >= 11 is 0. The SMILES string of the molecule is CCNC(=O)c1cccc(NCC(=O)Nc2ccccc2OCC)c1. The summed E-state index contributed by atoms with van der Waals surface area (Å²) in [6.07, 6.45) is 0. The van der Waals surface area contributed by atoms with Crippen molar-refractivity contribution in [2.75, 3.05) is 30.3 Å². The van der Waals surface area contributed by atoms with E-state index in [4.69, 9.17) is 4.74 Å². The molecule has 0 saturated heterocycles. The quantitative estimate of drug-likeness (QED) is 0.690. The zero-order chi connectivity index (χ0) is 18.1. The molecule has 0 bridgehead atoms. The second-order valence-electron chi connectivity index (χ2n) is 5.27. The summed E-state index contributed by atoms with van der Waals surface area (Å²) in [5, 5.41) is 8.58. The molecule has 0 saturated carbocycles. The van der Waals surface area contributed by atoms with Crippen molar-refractivity contribution in [3.63, 3.8) is 0 Å². The molecule has 2 rings (SSSR count). The fraction of sp³-hybridized carbons (Fsp3) is 0.263. The van der Waals surface area contributed by atoms with Gasteiger partial charge < -0.3 is 20.7 Å². The molecule has 0 fully saturated rings. The van der Waals surface area contributed by atoms with Crippen molar-refractivity contribution in [3.8, 4) is 5.75 Å². The molecule has 6 heteroatoms. The molecule has 0 aliphatic carbocycles. The first-order valence-electron chi connectivity index (χ1n) is 8.27. The number of benzene rings is 2. The summed E-state index contributed by atoms with van der Waals surface area (Å²) < 4.78 is 5.49. The lowest BCUT2D eigenvalue weighted by molar-refractivity contribution is -0.114. The Labute approximate surface area is 147 Å². The third-order valence-electron chi connectivity index (χ3n) is 3.38. The van der Waals surface area contributed by atoms with Crippen LogP contribution in [0.5, 0.6) is 5.75 Å². The van der Waals surface area contributed by atoms with Gasteiger partial charge in [-0.3, -0.25) is 9.59 Å². The summed E-state index contributed by atoms with van der Waals surface area (Å²) in [6.45, 7) is 4.93. The molecule has 2 aromatic rings. The van der Waals surface area contributed by atoms with Gasteiger partial charge in [0.1, 0.15) is 5.75 Å². The average molecular weight is 341 g/mol. The lowest BCUT2D eigenvalue weighted by Gasteiger charge is -2.12. The predicted molar refractivity (Wildman–Crippen MR) is 99.2 cm³/mol. The van der Waals surface area contributed by atoms with Gasteiger partial charge in [0.25, 0.3) is 5.91 Å². The van der Waals surface area contributed by atoms with E-state index in [2.05, 4.69) is 16.0 Å². The summed E-state index contributed by atoms with van der Waals surface area (Å²) in [4.78, 5) is 24.0. The normalized spacial score (nSPS) is 10.0. The van der Waals surface area contributed by atoms with Gasteiger partial charge in [0.05, 0.1) is 18.8 Å². The van der Waals surface area contributed by atoms with Crippen LogP contribution in [-0.2, 0) is 4.79 Å². The molecule has 0 atom stereocenters. The number of ether oxygens (including phenoxy) is 1. The van der Waals surface area contributed by atoms with Gasteiger partial charge in [-0.25, -0.2) is 0 Å². The van der Waals surface area contributed by atoms with Crippen molar-refractivity contribution in [2.24, 2.45) is 0 Å². The van der Waals surface area contributed by atoms with Gasteiger partial charge in [-0.05, 0) is 44.2 Å². The van der Waals surface area contributed by atoms with Crippen LogP contribution in [0.15, 0.2) is 48.5 Å². The van der Waals surface area contributed by atoms with Crippen LogP contribution in [0, 0.1) is 0 Å². The molecule has 6 nitrogen and oxygen atoms in total. The molecule has 0 spiro atoms. The van der Waals surface area contributed by atoms with E-state index in [-0.39, 0.29) is 18.4 Å². The topological polar surface area (TPSA) is 79.5 Å². The third-order valence-corrected chi connectivity index (χ3v) is 3.38. The summed E-state index contributed by atoms with van der Waals surface area (Å²) in [6, 6.07) is 14.3. The van der Waals surface area contributed by atoms with Crippen LogP contribution in [0.2, 0.25) is 0 Å². The van der Waals surface area contributed by atoms with Crippen LogP contribution in [-0.4, -0.2) is 31.5 Å². The van der Waals surface area contributed by atoms with Crippen LogP contribution in [0.25, 0.3) is 0 Å². The molecule has 0 radical (unpaired) electrons. The summed E-state index contributed by atoms with van der Waals surface area (Å²) in [7, 11) is 0. The van der Waals surface area contributed by atoms with E-state index < -0.39 is 0 Å². The molecule has 132 valence electrons. The highest BCUT2D eigenvalue weighted by molar-refractivity contribution is 5.96. The van der Waals surface area contributed by atoms with E-state index >= 15 is 0 Å². The van der Waals surface area contributed by atoms with Crippen molar-refractivity contribution < 1.29 is 14.3 Å². The Morgan fingerprint density at radius 3 is 2.60 bits per heavy atom. The number of nitrogens with one attached hydrogen (secondary N) is 3. The Hall–Kier alpha value is -3.02. The second kappa shape index (κ2) is 9.32. The van der Waals surface area contributed by atoms with Crippen molar-refractivity contribution in [2.45, 2.75) is 13.8 Å². The Morgan fingerprint density at radius 1 is 1.04 bits per heavy atom. The summed E-state index contributed by atoms with van der Waals surface area (Å²) in [5.74, 6) is 0.299. The van der Waals surface area contributed by atoms with Gasteiger partial charge in [0.15, 0.2) is 0 Å². The number of anilines is 2. The first kappa shape index (κ1) is 18.3. The molecule has 0 unspecified atom stereocenters. The van der Waals surface area contributed by atoms with Gasteiger partial charge in [0.2, 0.25) is 5.91 Å². The average Bonchev–Trinajstić information content (AvgIpc) is 2.62. The molecule has 0 heterocycles. The summed E-state index contributed by atoms with van der Waals surface area (Å²) in [5.41, 5.74) is 1.89. The third kappa shape index (κ3) is 5.53. The van der Waals surface area contributed by atoms with Crippen molar-refractivity contribution in [1.82, 2.24) is 5.32 Å². The molecule has 25 heavy (non-hydrogen) atoms. The number of rotatable bonds is 8. The Balaban J connectivity index is 1.94. The minimum absolute atomic E-state index is 0.0826. The fourth-order valence-electron chi connectivity index (χ4n) is 2.26. The molecule has 0 aliphatic heterocycles. The number of carbonyl (C=O) groups excluding carboxylic acids is 2. The lowest BCUT2D eigenvalue weighted by Crippen LogP contribution is -2.24. The van der Waals surface area contributed by atoms with E-state index in [1.165, 1.54) is 0 Å². The monoisotopic (exact) mass is 341 g/mol. The van der Waals surface area contributed by atoms with E-state index in [9.17, 15) is 9.59 Å². The zero-order valence-corrected chi connectivity index (χ0v) is 14.5. The van der Waals surface area contributed by atoms with Gasteiger partial charge in [-0.2, -0.15) is 0 Å². The smallest absolute Gasteiger partial charge is 0.251 e. The van der Waals surface area contributed by atoms with Crippen molar-refractivity contribution >= 4 is 23.2 Å². The Kier molecular flexibility index (Phi) is 6.83. The molecular formula is C19H23N3O3. The number of hydrogen-bond acceptors (Lipinski definition) is 4. The Morgan fingerprint density at radius 2 is 1.84 bits per heavy atom. The predicted octanol–water partition coefficient (Wildman–Crippen LogP) is 2.89. The first-order chi connectivity index (χ1) is 12.1. The van der Waals surface area contributed by atoms with Crippen molar-refractivity contribution in [1.29, 1.82) is 0 Å². The molecular weight excluding hydrogens is 318 g/mol. The van der Waals surface area contributed by atoms with Gasteiger partial charge >= 0.3 is 0 Å². The molecule has 0 aliphatic rings. The van der Waals surface area contributed by atoms with E-state index in [1.54, 1.807) is 24.3 Å². The largest absolute Gasteiger partial charge is 0.492 e. The minimum atomic E-state index is -0.199. The highest BCUT2D eigenvalue weighted by Gasteiger charge is 2.08. The number of amides is 2. The first-order valence-corrected chi connectivity index (χ1v) is 8.27. The van der Waals surface area contributed by atoms with Crippen LogP contribution in [0.3, 0.4) is 0 Å². The highest BCUT2D eigenvalue weighted by atomic mass is 16.5.